The van der Waals surface area contributed by atoms with E-state index >= 15 is 0 Å². The van der Waals surface area contributed by atoms with Gasteiger partial charge in [0.25, 0.3) is 5.91 Å². The van der Waals surface area contributed by atoms with E-state index in [9.17, 15) is 9.59 Å². The zero-order valence-electron chi connectivity index (χ0n) is 14.8. The van der Waals surface area contributed by atoms with Crippen LogP contribution in [0.25, 0.3) is 5.69 Å². The first-order chi connectivity index (χ1) is 13.5. The predicted molar refractivity (Wildman–Crippen MR) is 107 cm³/mol. The van der Waals surface area contributed by atoms with Gasteiger partial charge in [0.1, 0.15) is 11.6 Å². The first kappa shape index (κ1) is 18.2. The molecule has 0 fully saturated rings. The molecule has 4 rings (SSSR count). The van der Waals surface area contributed by atoms with E-state index in [0.29, 0.717) is 18.0 Å². The van der Waals surface area contributed by atoms with Crippen molar-refractivity contribution in [3.63, 3.8) is 0 Å². The fourth-order valence-corrected chi connectivity index (χ4v) is 3.51. The quantitative estimate of drug-likeness (QED) is 0.636. The number of rotatable bonds is 5. The number of halogens is 1. The van der Waals surface area contributed by atoms with Gasteiger partial charge in [0.2, 0.25) is 5.91 Å². The number of carbonyl (C=O) groups is 2. The van der Waals surface area contributed by atoms with E-state index in [2.05, 4.69) is 26.3 Å². The molecule has 0 bridgehead atoms. The lowest BCUT2D eigenvalue weighted by molar-refractivity contribution is -0.120. The molecule has 0 spiro atoms. The molecule has 7 nitrogen and oxygen atoms in total. The third-order valence-electron chi connectivity index (χ3n) is 4.56. The minimum absolute atomic E-state index is 0.0644. The van der Waals surface area contributed by atoms with Crippen molar-refractivity contribution in [1.29, 1.82) is 0 Å². The largest absolute Gasteiger partial charge is 0.484 e. The monoisotopic (exact) mass is 440 g/mol. The van der Waals surface area contributed by atoms with Crippen molar-refractivity contribution in [1.82, 2.24) is 9.78 Å². The molecule has 0 radical (unpaired) electrons. The summed E-state index contributed by atoms with van der Waals surface area (Å²) in [6, 6.07) is 15.0. The maximum atomic E-state index is 12.4. The topological polar surface area (TPSA) is 99.2 Å². The number of carbonyl (C=O) groups excluding carboxylic acids is 2. The second kappa shape index (κ2) is 7.47. The summed E-state index contributed by atoms with van der Waals surface area (Å²) in [5, 5.41) is 7.42. The van der Waals surface area contributed by atoms with E-state index in [4.69, 9.17) is 10.5 Å². The van der Waals surface area contributed by atoms with Crippen LogP contribution in [0, 0.1) is 0 Å². The van der Waals surface area contributed by atoms with E-state index in [-0.39, 0.29) is 18.4 Å². The third-order valence-corrected chi connectivity index (χ3v) is 5.08. The summed E-state index contributed by atoms with van der Waals surface area (Å²) >= 11 is 3.42. The van der Waals surface area contributed by atoms with Crippen LogP contribution in [0.5, 0.6) is 5.75 Å². The minimum Gasteiger partial charge on any atom is -0.484 e. The number of primary amides is 1. The molecular formula is C20H17BrN4O3. The van der Waals surface area contributed by atoms with E-state index in [1.165, 1.54) is 0 Å². The van der Waals surface area contributed by atoms with Gasteiger partial charge in [-0.2, -0.15) is 5.10 Å². The van der Waals surface area contributed by atoms with Crippen LogP contribution in [0.1, 0.15) is 23.5 Å². The number of hydrogen-bond acceptors (Lipinski definition) is 4. The van der Waals surface area contributed by atoms with Gasteiger partial charge in [-0.1, -0.05) is 28.1 Å². The summed E-state index contributed by atoms with van der Waals surface area (Å²) in [6.45, 7) is -0.171. The van der Waals surface area contributed by atoms with Crippen LogP contribution < -0.4 is 15.8 Å². The molecule has 1 aliphatic heterocycles. The van der Waals surface area contributed by atoms with E-state index in [1.54, 1.807) is 23.0 Å². The van der Waals surface area contributed by atoms with Crippen LogP contribution in [0.2, 0.25) is 0 Å². The normalized spacial score (nSPS) is 15.6. The number of anilines is 1. The highest BCUT2D eigenvalue weighted by atomic mass is 79.9. The smallest absolute Gasteiger partial charge is 0.255 e. The Hall–Kier alpha value is -3.13. The Morgan fingerprint density at radius 1 is 1.21 bits per heavy atom. The molecule has 142 valence electrons. The number of nitrogens with one attached hydrogen (secondary N) is 1. The van der Waals surface area contributed by atoms with Gasteiger partial charge in [0.05, 0.1) is 11.9 Å². The number of amides is 2. The van der Waals surface area contributed by atoms with Crippen molar-refractivity contribution in [3.8, 4) is 11.4 Å². The average Bonchev–Trinajstić information content (AvgIpc) is 3.10. The van der Waals surface area contributed by atoms with Crippen molar-refractivity contribution < 1.29 is 14.3 Å². The van der Waals surface area contributed by atoms with Gasteiger partial charge in [-0.05, 0) is 42.0 Å². The number of benzene rings is 2. The number of hydrogen-bond donors (Lipinski definition) is 2. The number of nitrogens with two attached hydrogens (primary N) is 1. The summed E-state index contributed by atoms with van der Waals surface area (Å²) in [5.41, 5.74) is 7.88. The molecular weight excluding hydrogens is 424 g/mol. The van der Waals surface area contributed by atoms with Crippen LogP contribution in [0.15, 0.2) is 59.2 Å². The Labute approximate surface area is 169 Å². The lowest BCUT2D eigenvalue weighted by atomic mass is 9.87. The average molecular weight is 441 g/mol. The van der Waals surface area contributed by atoms with Crippen LogP contribution in [-0.2, 0) is 9.59 Å². The van der Waals surface area contributed by atoms with Crippen molar-refractivity contribution in [3.05, 3.63) is 70.3 Å². The van der Waals surface area contributed by atoms with E-state index in [0.717, 1.165) is 21.3 Å². The van der Waals surface area contributed by atoms with Crippen molar-refractivity contribution in [2.24, 2.45) is 5.73 Å². The molecule has 2 heterocycles. The fraction of sp³-hybridized carbons (Fsp3) is 0.150. The first-order valence-corrected chi connectivity index (χ1v) is 9.45. The molecule has 3 aromatic rings. The number of ether oxygens (including phenoxy) is 1. The SMILES string of the molecule is NC(=O)COc1ccc([C@H]2CC(=O)Nc3c2cnn3-c2ccc(Br)cc2)cc1. The minimum atomic E-state index is -0.530. The summed E-state index contributed by atoms with van der Waals surface area (Å²) in [6.07, 6.45) is 2.12. The summed E-state index contributed by atoms with van der Waals surface area (Å²) < 4.78 is 8.00. The van der Waals surface area contributed by atoms with Gasteiger partial charge >= 0.3 is 0 Å². The molecule has 3 N–H and O–H groups in total. The van der Waals surface area contributed by atoms with E-state index < -0.39 is 5.91 Å². The molecule has 28 heavy (non-hydrogen) atoms. The summed E-state index contributed by atoms with van der Waals surface area (Å²) in [4.78, 5) is 23.2. The highest BCUT2D eigenvalue weighted by Gasteiger charge is 2.30. The van der Waals surface area contributed by atoms with Crippen LogP contribution >= 0.6 is 15.9 Å². The molecule has 1 atom stereocenters. The summed E-state index contributed by atoms with van der Waals surface area (Å²) in [5.74, 6) is 0.521. The second-order valence-corrected chi connectivity index (χ2v) is 7.38. The van der Waals surface area contributed by atoms with Gasteiger partial charge in [0, 0.05) is 22.4 Å². The zero-order valence-corrected chi connectivity index (χ0v) is 16.3. The highest BCUT2D eigenvalue weighted by Crippen LogP contribution is 2.38. The molecule has 1 aromatic heterocycles. The van der Waals surface area contributed by atoms with Gasteiger partial charge in [-0.25, -0.2) is 4.68 Å². The number of nitrogens with zero attached hydrogens (tertiary/aromatic N) is 2. The lowest BCUT2D eigenvalue weighted by Crippen LogP contribution is -2.24. The molecule has 8 heteroatoms. The Balaban J connectivity index is 1.65. The van der Waals surface area contributed by atoms with Crippen LogP contribution in [0.4, 0.5) is 5.82 Å². The molecule has 2 amide bonds. The summed E-state index contributed by atoms with van der Waals surface area (Å²) in [7, 11) is 0. The molecule has 0 unspecified atom stereocenters. The number of fused-ring (bicyclic) bond motifs is 1. The maximum Gasteiger partial charge on any atom is 0.255 e. The Morgan fingerprint density at radius 2 is 1.93 bits per heavy atom. The van der Waals surface area contributed by atoms with Crippen LogP contribution in [-0.4, -0.2) is 28.2 Å². The number of aromatic nitrogens is 2. The Kier molecular flexibility index (Phi) is 4.87. The van der Waals surface area contributed by atoms with E-state index in [1.807, 2.05) is 36.4 Å². The van der Waals surface area contributed by atoms with Gasteiger partial charge in [-0.3, -0.25) is 9.59 Å². The predicted octanol–water partition coefficient (Wildman–Crippen LogP) is 2.97. The Bertz CT molecular complexity index is 1030. The molecule has 0 aliphatic carbocycles. The molecule has 1 aliphatic rings. The second-order valence-electron chi connectivity index (χ2n) is 6.47. The van der Waals surface area contributed by atoms with Crippen molar-refractivity contribution in [2.45, 2.75) is 12.3 Å². The highest BCUT2D eigenvalue weighted by molar-refractivity contribution is 9.10. The molecule has 0 saturated carbocycles. The fourth-order valence-electron chi connectivity index (χ4n) is 3.25. The maximum absolute atomic E-state index is 12.4. The zero-order chi connectivity index (χ0) is 19.7. The lowest BCUT2D eigenvalue weighted by Gasteiger charge is -2.24. The molecule has 2 aromatic carbocycles. The first-order valence-electron chi connectivity index (χ1n) is 8.66. The Morgan fingerprint density at radius 3 is 2.61 bits per heavy atom. The third kappa shape index (κ3) is 3.63. The van der Waals surface area contributed by atoms with Crippen molar-refractivity contribution in [2.75, 3.05) is 11.9 Å². The van der Waals surface area contributed by atoms with Crippen LogP contribution in [0.3, 0.4) is 0 Å². The van der Waals surface area contributed by atoms with Gasteiger partial charge in [0.15, 0.2) is 6.61 Å². The van der Waals surface area contributed by atoms with Gasteiger partial charge in [-0.15, -0.1) is 0 Å². The van der Waals surface area contributed by atoms with Crippen molar-refractivity contribution >= 4 is 33.6 Å². The van der Waals surface area contributed by atoms with Gasteiger partial charge < -0.3 is 15.8 Å². The molecule has 0 saturated heterocycles. The standard InChI is InChI=1S/C20H17BrN4O3/c21-13-3-5-14(6-4-13)25-20-17(10-23-25)16(9-19(27)24-20)12-1-7-15(8-2-12)28-11-18(22)26/h1-8,10,16H,9,11H2,(H2,22,26)(H,24,27)/t16-/m1/s1.